The maximum atomic E-state index is 12.8. The molecule has 1 atom stereocenters. The largest absolute Gasteiger partial charge is 0.495 e. The van der Waals surface area contributed by atoms with E-state index >= 15 is 0 Å². The van der Waals surface area contributed by atoms with Gasteiger partial charge >= 0.3 is 0 Å². The molecule has 0 radical (unpaired) electrons. The van der Waals surface area contributed by atoms with Crippen LogP contribution in [0.25, 0.3) is 10.9 Å². The van der Waals surface area contributed by atoms with Crippen LogP contribution in [-0.4, -0.2) is 17.1 Å². The molecule has 2 heterocycles. The monoisotopic (exact) mass is 460 g/mol. The molecule has 0 aliphatic rings. The summed E-state index contributed by atoms with van der Waals surface area (Å²) in [5, 5.41) is 13.7. The van der Waals surface area contributed by atoms with E-state index in [-0.39, 0.29) is 18.2 Å². The first-order valence-electron chi connectivity index (χ1n) is 10.2. The number of halogens is 1. The molecule has 0 spiro atoms. The number of ether oxygens (including phenoxy) is 2. The molecule has 0 amide bonds. The lowest BCUT2D eigenvalue weighted by molar-refractivity contribution is 0.302. The molecule has 0 aliphatic heterocycles. The fourth-order valence-corrected chi connectivity index (χ4v) is 3.72. The molecular weight excluding hydrogens is 440 g/mol. The highest BCUT2D eigenvalue weighted by Crippen LogP contribution is 2.31. The molecule has 2 aromatic heterocycles. The summed E-state index contributed by atoms with van der Waals surface area (Å²) >= 11 is 6.44. The van der Waals surface area contributed by atoms with Crippen LogP contribution in [0.2, 0.25) is 5.02 Å². The van der Waals surface area contributed by atoms with Gasteiger partial charge < -0.3 is 19.8 Å². The number of methoxy groups -OCH3 is 1. The number of fused-ring (bicyclic) bond motifs is 1. The number of benzene rings is 2. The SMILES string of the molecule is COc1cc(NC(C)c2cc3cc(Cl)c(OCc4ccccn4)cc3[nH]c2=O)ccc1C#N. The lowest BCUT2D eigenvalue weighted by Crippen LogP contribution is -2.19. The maximum absolute atomic E-state index is 12.8. The molecule has 0 aliphatic carbocycles. The number of rotatable bonds is 7. The molecule has 0 saturated heterocycles. The first-order valence-corrected chi connectivity index (χ1v) is 10.6. The van der Waals surface area contributed by atoms with Crippen molar-refractivity contribution in [3.8, 4) is 17.6 Å². The maximum Gasteiger partial charge on any atom is 0.253 e. The fourth-order valence-electron chi connectivity index (χ4n) is 3.49. The van der Waals surface area contributed by atoms with Crippen LogP contribution >= 0.6 is 11.6 Å². The minimum absolute atomic E-state index is 0.221. The number of H-pyrrole nitrogens is 1. The topological polar surface area (TPSA) is 100 Å². The summed E-state index contributed by atoms with van der Waals surface area (Å²) in [5.74, 6) is 0.932. The first kappa shape index (κ1) is 22.2. The third-order valence-electron chi connectivity index (χ3n) is 5.20. The Morgan fingerprint density at radius 3 is 2.76 bits per heavy atom. The molecule has 0 bridgehead atoms. The quantitative estimate of drug-likeness (QED) is 0.392. The summed E-state index contributed by atoms with van der Waals surface area (Å²) in [4.78, 5) is 20.0. The predicted octanol–water partition coefficient (Wildman–Crippen LogP) is 5.21. The number of pyridine rings is 2. The van der Waals surface area contributed by atoms with Crippen molar-refractivity contribution in [2.45, 2.75) is 19.6 Å². The van der Waals surface area contributed by atoms with Gasteiger partial charge in [0, 0.05) is 35.0 Å². The number of aromatic nitrogens is 2. The van der Waals surface area contributed by atoms with Crippen LogP contribution in [-0.2, 0) is 6.61 Å². The van der Waals surface area contributed by atoms with Crippen molar-refractivity contribution < 1.29 is 9.47 Å². The zero-order chi connectivity index (χ0) is 23.4. The van der Waals surface area contributed by atoms with E-state index in [0.717, 1.165) is 16.8 Å². The van der Waals surface area contributed by atoms with E-state index in [1.807, 2.05) is 25.1 Å². The second kappa shape index (κ2) is 9.63. The van der Waals surface area contributed by atoms with E-state index in [1.165, 1.54) is 7.11 Å². The minimum atomic E-state index is -0.311. The number of anilines is 1. The molecule has 4 aromatic rings. The molecule has 4 rings (SSSR count). The van der Waals surface area contributed by atoms with Gasteiger partial charge in [-0.2, -0.15) is 5.26 Å². The van der Waals surface area contributed by atoms with Gasteiger partial charge in [0.15, 0.2) is 0 Å². The van der Waals surface area contributed by atoms with Crippen LogP contribution in [0, 0.1) is 11.3 Å². The number of hydrogen-bond acceptors (Lipinski definition) is 6. The Bertz CT molecular complexity index is 1400. The van der Waals surface area contributed by atoms with Gasteiger partial charge in [0.1, 0.15) is 24.2 Å². The molecular formula is C25H21ClN4O3. The van der Waals surface area contributed by atoms with E-state index in [9.17, 15) is 4.79 Å². The molecule has 33 heavy (non-hydrogen) atoms. The highest BCUT2D eigenvalue weighted by atomic mass is 35.5. The van der Waals surface area contributed by atoms with Crippen molar-refractivity contribution >= 4 is 28.2 Å². The highest BCUT2D eigenvalue weighted by Gasteiger charge is 2.14. The van der Waals surface area contributed by atoms with Crippen molar-refractivity contribution in [2.24, 2.45) is 0 Å². The van der Waals surface area contributed by atoms with Crippen molar-refractivity contribution in [1.29, 1.82) is 5.26 Å². The Kier molecular flexibility index (Phi) is 6.48. The van der Waals surface area contributed by atoms with Crippen LogP contribution in [0.15, 0.2) is 65.6 Å². The summed E-state index contributed by atoms with van der Waals surface area (Å²) in [6.07, 6.45) is 1.70. The highest BCUT2D eigenvalue weighted by molar-refractivity contribution is 6.32. The van der Waals surface area contributed by atoms with Gasteiger partial charge in [0.2, 0.25) is 0 Å². The number of nitrogens with one attached hydrogen (secondary N) is 2. The third-order valence-corrected chi connectivity index (χ3v) is 5.49. The Morgan fingerprint density at radius 2 is 2.03 bits per heavy atom. The molecule has 2 aromatic carbocycles. The summed E-state index contributed by atoms with van der Waals surface area (Å²) in [6.45, 7) is 2.15. The van der Waals surface area contributed by atoms with Gasteiger partial charge in [-0.15, -0.1) is 0 Å². The van der Waals surface area contributed by atoms with Gasteiger partial charge in [-0.25, -0.2) is 0 Å². The zero-order valence-corrected chi connectivity index (χ0v) is 18.8. The molecule has 166 valence electrons. The predicted molar refractivity (Wildman–Crippen MR) is 128 cm³/mol. The second-order valence-corrected chi connectivity index (χ2v) is 7.83. The van der Waals surface area contributed by atoms with Crippen LogP contribution in [0.5, 0.6) is 11.5 Å². The Balaban J connectivity index is 1.58. The zero-order valence-electron chi connectivity index (χ0n) is 18.1. The second-order valence-electron chi connectivity index (χ2n) is 7.43. The van der Waals surface area contributed by atoms with E-state index < -0.39 is 0 Å². The lowest BCUT2D eigenvalue weighted by atomic mass is 10.1. The average Bonchev–Trinajstić information content (AvgIpc) is 2.83. The van der Waals surface area contributed by atoms with Gasteiger partial charge in [0.25, 0.3) is 5.56 Å². The molecule has 1 unspecified atom stereocenters. The van der Waals surface area contributed by atoms with Crippen molar-refractivity contribution in [1.82, 2.24) is 9.97 Å². The van der Waals surface area contributed by atoms with Crippen LogP contribution < -0.4 is 20.3 Å². The van der Waals surface area contributed by atoms with Crippen LogP contribution in [0.4, 0.5) is 5.69 Å². The molecule has 0 saturated carbocycles. The fraction of sp³-hybridized carbons (Fsp3) is 0.160. The van der Waals surface area contributed by atoms with E-state index in [0.29, 0.717) is 33.2 Å². The normalized spacial score (nSPS) is 11.6. The van der Waals surface area contributed by atoms with Crippen LogP contribution in [0.1, 0.15) is 29.8 Å². The number of hydrogen-bond donors (Lipinski definition) is 2. The molecule has 8 heteroatoms. The van der Waals surface area contributed by atoms with Crippen molar-refractivity contribution in [2.75, 3.05) is 12.4 Å². The molecule has 0 fully saturated rings. The van der Waals surface area contributed by atoms with Gasteiger partial charge in [0.05, 0.1) is 34.9 Å². The first-order chi connectivity index (χ1) is 16.0. The summed E-state index contributed by atoms with van der Waals surface area (Å²) in [7, 11) is 1.51. The lowest BCUT2D eigenvalue weighted by Gasteiger charge is -2.17. The van der Waals surface area contributed by atoms with Gasteiger partial charge in [-0.05, 0) is 43.3 Å². The molecule has 2 N–H and O–H groups in total. The molecule has 7 nitrogen and oxygen atoms in total. The van der Waals surface area contributed by atoms with E-state index in [1.54, 1.807) is 42.6 Å². The summed E-state index contributed by atoms with van der Waals surface area (Å²) in [5.41, 5.74) is 2.89. The summed E-state index contributed by atoms with van der Waals surface area (Å²) < 4.78 is 11.1. The smallest absolute Gasteiger partial charge is 0.253 e. The van der Waals surface area contributed by atoms with Crippen molar-refractivity contribution in [3.63, 3.8) is 0 Å². The average molecular weight is 461 g/mol. The van der Waals surface area contributed by atoms with E-state index in [2.05, 4.69) is 21.4 Å². The van der Waals surface area contributed by atoms with E-state index in [4.69, 9.17) is 26.3 Å². The van der Waals surface area contributed by atoms with Gasteiger partial charge in [-0.1, -0.05) is 17.7 Å². The number of nitrogens with zero attached hydrogens (tertiary/aromatic N) is 2. The Morgan fingerprint density at radius 1 is 1.18 bits per heavy atom. The third kappa shape index (κ3) is 4.92. The van der Waals surface area contributed by atoms with Crippen LogP contribution in [0.3, 0.4) is 0 Å². The Labute approximate surface area is 195 Å². The Hall–Kier alpha value is -4.02. The van der Waals surface area contributed by atoms with Gasteiger partial charge in [-0.3, -0.25) is 9.78 Å². The number of nitriles is 1. The standard InChI is InChI=1S/C25H21ClN4O3/c1-15(29-18-7-6-16(13-27)23(11-18)32-2)20-9-17-10-21(26)24(12-22(17)30-25(20)31)33-14-19-5-3-4-8-28-19/h3-12,15,29H,14H2,1-2H3,(H,30,31). The number of aromatic amines is 1. The summed E-state index contributed by atoms with van der Waals surface area (Å²) in [6, 6.07) is 17.8. The van der Waals surface area contributed by atoms with Crippen molar-refractivity contribution in [3.05, 3.63) is 93.0 Å². The minimum Gasteiger partial charge on any atom is -0.495 e.